The Morgan fingerprint density at radius 3 is 2.79 bits per heavy atom. The van der Waals surface area contributed by atoms with Gasteiger partial charge >= 0.3 is 5.69 Å². The predicted octanol–water partition coefficient (Wildman–Crippen LogP) is -1.23. The summed E-state index contributed by atoms with van der Waals surface area (Å²) in [4.78, 5) is 28.9. The molecular weight excluding hydrogens is 250 g/mol. The van der Waals surface area contributed by atoms with Crippen molar-refractivity contribution in [3.8, 4) is 0 Å². The van der Waals surface area contributed by atoms with Gasteiger partial charge in [0.15, 0.2) is 0 Å². The molecule has 1 heterocycles. The SMILES string of the molecule is CN(Cc1c[nH]c(=O)[nH]c1=O)[C@@H]1CCC[C@@H](O)[C@@H]1O. The van der Waals surface area contributed by atoms with E-state index in [1.54, 1.807) is 7.05 Å². The summed E-state index contributed by atoms with van der Waals surface area (Å²) in [5.74, 6) is 0. The lowest BCUT2D eigenvalue weighted by Gasteiger charge is -2.37. The number of aromatic amines is 2. The fraction of sp³-hybridized carbons (Fsp3) is 0.667. The second-order valence-corrected chi connectivity index (χ2v) is 5.07. The van der Waals surface area contributed by atoms with Crippen molar-refractivity contribution in [2.75, 3.05) is 7.05 Å². The molecule has 0 unspecified atom stereocenters. The van der Waals surface area contributed by atoms with Crippen LogP contribution in [0.4, 0.5) is 0 Å². The molecule has 7 heteroatoms. The van der Waals surface area contributed by atoms with E-state index < -0.39 is 23.5 Å². The second kappa shape index (κ2) is 5.68. The summed E-state index contributed by atoms with van der Waals surface area (Å²) < 4.78 is 0. The highest BCUT2D eigenvalue weighted by Gasteiger charge is 2.33. The van der Waals surface area contributed by atoms with Gasteiger partial charge in [-0.25, -0.2) is 4.79 Å². The molecule has 4 N–H and O–H groups in total. The third kappa shape index (κ3) is 3.12. The van der Waals surface area contributed by atoms with E-state index in [0.29, 0.717) is 18.5 Å². The highest BCUT2D eigenvalue weighted by Crippen LogP contribution is 2.23. The summed E-state index contributed by atoms with van der Waals surface area (Å²) >= 11 is 0. The number of hydrogen-bond acceptors (Lipinski definition) is 5. The molecule has 0 aliphatic heterocycles. The molecule has 0 saturated heterocycles. The molecule has 1 aliphatic rings. The third-order valence-corrected chi connectivity index (χ3v) is 3.67. The number of aliphatic hydroxyl groups is 2. The Balaban J connectivity index is 2.10. The summed E-state index contributed by atoms with van der Waals surface area (Å²) in [5, 5.41) is 19.6. The number of H-pyrrole nitrogens is 2. The Kier molecular flexibility index (Phi) is 4.18. The first-order valence-corrected chi connectivity index (χ1v) is 6.36. The van der Waals surface area contributed by atoms with Gasteiger partial charge in [-0.05, 0) is 26.3 Å². The van der Waals surface area contributed by atoms with Gasteiger partial charge in [-0.15, -0.1) is 0 Å². The molecule has 1 saturated carbocycles. The summed E-state index contributed by atoms with van der Waals surface area (Å²) in [6, 6.07) is -0.185. The molecule has 3 atom stereocenters. The Morgan fingerprint density at radius 2 is 2.11 bits per heavy atom. The number of rotatable bonds is 3. The molecule has 0 amide bonds. The van der Waals surface area contributed by atoms with Crippen molar-refractivity contribution in [1.29, 1.82) is 0 Å². The van der Waals surface area contributed by atoms with Crippen molar-refractivity contribution in [1.82, 2.24) is 14.9 Å². The van der Waals surface area contributed by atoms with Crippen molar-refractivity contribution < 1.29 is 10.2 Å². The fourth-order valence-electron chi connectivity index (χ4n) is 2.56. The van der Waals surface area contributed by atoms with Gasteiger partial charge in [0.05, 0.1) is 12.2 Å². The number of hydrogen-bond donors (Lipinski definition) is 4. The van der Waals surface area contributed by atoms with E-state index in [4.69, 9.17) is 0 Å². The van der Waals surface area contributed by atoms with E-state index in [1.165, 1.54) is 6.20 Å². The van der Waals surface area contributed by atoms with E-state index in [9.17, 15) is 19.8 Å². The van der Waals surface area contributed by atoms with Gasteiger partial charge in [0, 0.05) is 24.3 Å². The van der Waals surface area contributed by atoms with Gasteiger partial charge < -0.3 is 15.2 Å². The summed E-state index contributed by atoms with van der Waals surface area (Å²) in [6.07, 6.45) is 2.08. The predicted molar refractivity (Wildman–Crippen MR) is 68.8 cm³/mol. The number of likely N-dealkylation sites (N-methyl/N-ethyl adjacent to an activating group) is 1. The van der Waals surface area contributed by atoms with Gasteiger partial charge in [-0.3, -0.25) is 14.7 Å². The minimum atomic E-state index is -0.805. The molecule has 1 fully saturated rings. The first-order valence-electron chi connectivity index (χ1n) is 6.36. The van der Waals surface area contributed by atoms with Gasteiger partial charge in [-0.2, -0.15) is 0 Å². The minimum Gasteiger partial charge on any atom is -0.390 e. The van der Waals surface area contributed by atoms with Crippen molar-refractivity contribution in [3.63, 3.8) is 0 Å². The van der Waals surface area contributed by atoms with Crippen LogP contribution in [0, 0.1) is 0 Å². The summed E-state index contributed by atoms with van der Waals surface area (Å²) in [6.45, 7) is 0.306. The molecule has 1 aliphatic carbocycles. The number of aromatic nitrogens is 2. The van der Waals surface area contributed by atoms with Crippen LogP contribution in [0.5, 0.6) is 0 Å². The van der Waals surface area contributed by atoms with Gasteiger partial charge in [0.25, 0.3) is 5.56 Å². The van der Waals surface area contributed by atoms with E-state index in [2.05, 4.69) is 9.97 Å². The second-order valence-electron chi connectivity index (χ2n) is 5.07. The van der Waals surface area contributed by atoms with Crippen LogP contribution in [0.2, 0.25) is 0 Å². The van der Waals surface area contributed by atoms with Crippen LogP contribution in [0.15, 0.2) is 15.8 Å². The topological polar surface area (TPSA) is 109 Å². The number of nitrogens with one attached hydrogen (secondary N) is 2. The maximum atomic E-state index is 11.6. The van der Waals surface area contributed by atoms with Crippen LogP contribution in [-0.4, -0.2) is 50.4 Å². The Hall–Kier alpha value is -1.44. The van der Waals surface area contributed by atoms with E-state index in [-0.39, 0.29) is 6.04 Å². The minimum absolute atomic E-state index is 0.185. The maximum Gasteiger partial charge on any atom is 0.325 e. The molecule has 0 radical (unpaired) electrons. The van der Waals surface area contributed by atoms with E-state index >= 15 is 0 Å². The summed E-state index contributed by atoms with van der Waals surface area (Å²) in [5.41, 5.74) is -0.541. The Labute approximate surface area is 109 Å². The zero-order valence-corrected chi connectivity index (χ0v) is 10.8. The average molecular weight is 269 g/mol. The molecular formula is C12H19N3O4. The molecule has 2 rings (SSSR count). The molecule has 106 valence electrons. The van der Waals surface area contributed by atoms with E-state index in [1.807, 2.05) is 4.90 Å². The molecule has 0 aromatic carbocycles. The van der Waals surface area contributed by atoms with Crippen LogP contribution in [0.1, 0.15) is 24.8 Å². The Morgan fingerprint density at radius 1 is 1.37 bits per heavy atom. The van der Waals surface area contributed by atoms with Crippen molar-refractivity contribution in [2.45, 2.75) is 44.1 Å². The molecule has 19 heavy (non-hydrogen) atoms. The highest BCUT2D eigenvalue weighted by atomic mass is 16.3. The maximum absolute atomic E-state index is 11.6. The van der Waals surface area contributed by atoms with Crippen molar-refractivity contribution >= 4 is 0 Å². The molecule has 0 spiro atoms. The van der Waals surface area contributed by atoms with Gasteiger partial charge in [0.1, 0.15) is 0 Å². The Bertz CT molecular complexity index is 538. The van der Waals surface area contributed by atoms with Crippen LogP contribution >= 0.6 is 0 Å². The zero-order valence-electron chi connectivity index (χ0n) is 10.8. The highest BCUT2D eigenvalue weighted by molar-refractivity contribution is 5.03. The zero-order chi connectivity index (χ0) is 14.0. The first-order chi connectivity index (χ1) is 8.99. The lowest BCUT2D eigenvalue weighted by atomic mass is 9.89. The fourth-order valence-corrected chi connectivity index (χ4v) is 2.56. The smallest absolute Gasteiger partial charge is 0.325 e. The van der Waals surface area contributed by atoms with Crippen LogP contribution < -0.4 is 11.2 Å². The number of aliphatic hydroxyl groups excluding tert-OH is 2. The first kappa shape index (κ1) is 14.0. The normalized spacial score (nSPS) is 27.7. The van der Waals surface area contributed by atoms with Crippen molar-refractivity contribution in [2.24, 2.45) is 0 Å². The van der Waals surface area contributed by atoms with Gasteiger partial charge in [-0.1, -0.05) is 0 Å². The van der Waals surface area contributed by atoms with Gasteiger partial charge in [0.2, 0.25) is 0 Å². The van der Waals surface area contributed by atoms with Crippen LogP contribution in [0.3, 0.4) is 0 Å². The molecule has 7 nitrogen and oxygen atoms in total. The standard InChI is InChI=1S/C12H19N3O4/c1-15(8-3-2-4-9(16)10(8)17)6-7-5-13-12(19)14-11(7)18/h5,8-10,16-17H,2-4,6H2,1H3,(H2,13,14,18,19)/t8-,9-,10-/m1/s1. The van der Waals surface area contributed by atoms with Crippen molar-refractivity contribution in [3.05, 3.63) is 32.6 Å². The summed E-state index contributed by atoms with van der Waals surface area (Å²) in [7, 11) is 1.79. The third-order valence-electron chi connectivity index (χ3n) is 3.67. The largest absolute Gasteiger partial charge is 0.390 e. The average Bonchev–Trinajstić information content (AvgIpc) is 2.36. The van der Waals surface area contributed by atoms with Crippen LogP contribution in [-0.2, 0) is 6.54 Å². The quantitative estimate of drug-likeness (QED) is 0.549. The number of nitrogens with zero attached hydrogens (tertiary/aromatic N) is 1. The molecule has 0 bridgehead atoms. The lowest BCUT2D eigenvalue weighted by Crippen LogP contribution is -2.50. The van der Waals surface area contributed by atoms with Crippen LogP contribution in [0.25, 0.3) is 0 Å². The van der Waals surface area contributed by atoms with E-state index in [0.717, 1.165) is 12.8 Å². The molecule has 1 aromatic heterocycles. The molecule has 1 aromatic rings. The monoisotopic (exact) mass is 269 g/mol. The lowest BCUT2D eigenvalue weighted by molar-refractivity contribution is -0.0605.